The molecule has 4 amide bonds. The monoisotopic (exact) mass is 341 g/mol. The third-order valence-corrected chi connectivity index (χ3v) is 4.68. The van der Waals surface area contributed by atoms with Gasteiger partial charge in [0.15, 0.2) is 5.37 Å². The Labute approximate surface area is 143 Å². The van der Waals surface area contributed by atoms with Crippen molar-refractivity contribution in [2.24, 2.45) is 5.73 Å². The molecule has 0 saturated carbocycles. The van der Waals surface area contributed by atoms with Gasteiger partial charge in [-0.2, -0.15) is 4.90 Å². The number of primary amides is 1. The Bertz CT molecular complexity index is 767. The normalized spacial score (nSPS) is 17.2. The van der Waals surface area contributed by atoms with Crippen molar-refractivity contribution in [2.75, 3.05) is 4.90 Å². The van der Waals surface area contributed by atoms with Gasteiger partial charge in [0, 0.05) is 12.2 Å². The molecule has 0 aromatic heterocycles. The van der Waals surface area contributed by atoms with E-state index in [1.807, 2.05) is 60.7 Å². The number of urea groups is 1. The van der Waals surface area contributed by atoms with Gasteiger partial charge in [-0.25, -0.2) is 4.79 Å². The Morgan fingerprint density at radius 3 is 2.17 bits per heavy atom. The maximum Gasteiger partial charge on any atom is 0.329 e. The van der Waals surface area contributed by atoms with E-state index in [0.29, 0.717) is 11.4 Å². The van der Waals surface area contributed by atoms with E-state index < -0.39 is 22.6 Å². The van der Waals surface area contributed by atoms with Crippen molar-refractivity contribution in [1.29, 1.82) is 0 Å². The third kappa shape index (κ3) is 3.11. The molecular formula is C17H15N3O3S. The van der Waals surface area contributed by atoms with Crippen molar-refractivity contribution in [3.63, 3.8) is 0 Å². The molecular weight excluding hydrogens is 326 g/mol. The average molecular weight is 341 g/mol. The van der Waals surface area contributed by atoms with Gasteiger partial charge in [0.25, 0.3) is 11.1 Å². The molecule has 2 aromatic carbocycles. The first-order valence-electron chi connectivity index (χ1n) is 7.27. The van der Waals surface area contributed by atoms with Crippen molar-refractivity contribution in [3.8, 4) is 0 Å². The molecule has 6 nitrogen and oxygen atoms in total. The van der Waals surface area contributed by atoms with E-state index in [1.165, 1.54) is 0 Å². The fourth-order valence-corrected chi connectivity index (χ4v) is 3.51. The molecule has 1 aliphatic heterocycles. The van der Waals surface area contributed by atoms with E-state index >= 15 is 0 Å². The van der Waals surface area contributed by atoms with Crippen molar-refractivity contribution < 1.29 is 14.4 Å². The largest absolute Gasteiger partial charge is 0.351 e. The molecule has 0 spiro atoms. The first-order chi connectivity index (χ1) is 11.6. The molecule has 2 N–H and O–H groups in total. The van der Waals surface area contributed by atoms with Crippen LogP contribution in [0.15, 0.2) is 60.7 Å². The van der Waals surface area contributed by atoms with E-state index in [0.717, 1.165) is 23.0 Å². The SMILES string of the molecule is NC(=O)N1C(=O)SC(N(Cc2ccccc2)c2ccccc2)C1=O. The van der Waals surface area contributed by atoms with Gasteiger partial charge >= 0.3 is 6.03 Å². The molecule has 1 heterocycles. The second kappa shape index (κ2) is 6.76. The maximum absolute atomic E-state index is 12.5. The summed E-state index contributed by atoms with van der Waals surface area (Å²) in [5.41, 5.74) is 6.92. The first kappa shape index (κ1) is 16.1. The van der Waals surface area contributed by atoms with Crippen LogP contribution in [0.1, 0.15) is 5.56 Å². The summed E-state index contributed by atoms with van der Waals surface area (Å²) in [6.45, 7) is 0.425. The minimum Gasteiger partial charge on any atom is -0.351 e. The molecule has 1 fully saturated rings. The number of nitrogens with zero attached hydrogens (tertiary/aromatic N) is 2. The minimum absolute atomic E-state index is 0.425. The zero-order valence-corrected chi connectivity index (χ0v) is 13.5. The molecule has 0 bridgehead atoms. The fourth-order valence-electron chi connectivity index (χ4n) is 2.50. The Balaban J connectivity index is 1.95. The molecule has 3 rings (SSSR count). The van der Waals surface area contributed by atoms with Crippen LogP contribution >= 0.6 is 11.8 Å². The van der Waals surface area contributed by atoms with Gasteiger partial charge in [-0.15, -0.1) is 0 Å². The lowest BCUT2D eigenvalue weighted by atomic mass is 10.2. The van der Waals surface area contributed by atoms with Crippen LogP contribution in [0.2, 0.25) is 0 Å². The number of nitrogens with two attached hydrogens (primary N) is 1. The maximum atomic E-state index is 12.5. The van der Waals surface area contributed by atoms with E-state index in [9.17, 15) is 14.4 Å². The van der Waals surface area contributed by atoms with Crippen LogP contribution in [0, 0.1) is 0 Å². The molecule has 1 saturated heterocycles. The standard InChI is InChI=1S/C17H15N3O3S/c18-16(22)20-14(21)15(24-17(20)23)19(13-9-5-2-6-10-13)11-12-7-3-1-4-8-12/h1-10,15H,11H2,(H2,18,22). The quantitative estimate of drug-likeness (QED) is 0.924. The fraction of sp³-hybridized carbons (Fsp3) is 0.118. The zero-order chi connectivity index (χ0) is 17.1. The third-order valence-electron chi connectivity index (χ3n) is 3.61. The summed E-state index contributed by atoms with van der Waals surface area (Å²) in [7, 11) is 0. The summed E-state index contributed by atoms with van der Waals surface area (Å²) >= 11 is 0.795. The van der Waals surface area contributed by atoms with Gasteiger partial charge in [-0.3, -0.25) is 9.59 Å². The van der Waals surface area contributed by atoms with E-state index in [4.69, 9.17) is 5.73 Å². The molecule has 1 unspecified atom stereocenters. The summed E-state index contributed by atoms with van der Waals surface area (Å²) in [5.74, 6) is -0.614. The second-order valence-corrected chi connectivity index (χ2v) is 6.23. The van der Waals surface area contributed by atoms with Crippen LogP contribution in [0.5, 0.6) is 0 Å². The highest BCUT2D eigenvalue weighted by Crippen LogP contribution is 2.33. The summed E-state index contributed by atoms with van der Waals surface area (Å²) in [4.78, 5) is 38.1. The molecule has 2 aromatic rings. The molecule has 1 aliphatic rings. The minimum atomic E-state index is -1.05. The smallest absolute Gasteiger partial charge is 0.329 e. The number of carbonyl (C=O) groups excluding carboxylic acids is 3. The van der Waals surface area contributed by atoms with Gasteiger partial charge in [0.1, 0.15) is 0 Å². The van der Waals surface area contributed by atoms with Gasteiger partial charge in [0.05, 0.1) is 0 Å². The molecule has 0 aliphatic carbocycles. The molecule has 122 valence electrons. The zero-order valence-electron chi connectivity index (χ0n) is 12.7. The van der Waals surface area contributed by atoms with Crippen molar-refractivity contribution >= 4 is 34.6 Å². The number of imide groups is 3. The Morgan fingerprint density at radius 2 is 1.62 bits per heavy atom. The van der Waals surface area contributed by atoms with E-state index in [-0.39, 0.29) is 0 Å². The lowest BCUT2D eigenvalue weighted by molar-refractivity contribution is -0.124. The van der Waals surface area contributed by atoms with Crippen molar-refractivity contribution in [1.82, 2.24) is 4.90 Å². The number of thioether (sulfide) groups is 1. The Kier molecular flexibility index (Phi) is 4.52. The molecule has 1 atom stereocenters. The number of anilines is 1. The Hall–Kier alpha value is -2.80. The molecule has 0 radical (unpaired) electrons. The van der Waals surface area contributed by atoms with Crippen LogP contribution < -0.4 is 10.6 Å². The predicted molar refractivity (Wildman–Crippen MR) is 92.3 cm³/mol. The van der Waals surface area contributed by atoms with Gasteiger partial charge in [-0.1, -0.05) is 48.5 Å². The number of hydrogen-bond donors (Lipinski definition) is 1. The number of amides is 4. The van der Waals surface area contributed by atoms with Crippen LogP contribution in [-0.2, 0) is 11.3 Å². The van der Waals surface area contributed by atoms with Crippen molar-refractivity contribution in [3.05, 3.63) is 66.2 Å². The number of hydrogen-bond acceptors (Lipinski definition) is 5. The van der Waals surface area contributed by atoms with Crippen molar-refractivity contribution in [2.45, 2.75) is 11.9 Å². The van der Waals surface area contributed by atoms with Gasteiger partial charge < -0.3 is 10.6 Å². The molecule has 24 heavy (non-hydrogen) atoms. The van der Waals surface area contributed by atoms with Crippen LogP contribution in [0.4, 0.5) is 15.3 Å². The van der Waals surface area contributed by atoms with Gasteiger partial charge in [-0.05, 0) is 29.5 Å². The number of benzene rings is 2. The van der Waals surface area contributed by atoms with Crippen LogP contribution in [-0.4, -0.2) is 27.5 Å². The topological polar surface area (TPSA) is 83.7 Å². The lowest BCUT2D eigenvalue weighted by Gasteiger charge is -2.28. The summed E-state index contributed by atoms with van der Waals surface area (Å²) in [6, 6.07) is 17.8. The lowest BCUT2D eigenvalue weighted by Crippen LogP contribution is -2.45. The van der Waals surface area contributed by atoms with E-state index in [1.54, 1.807) is 4.90 Å². The highest BCUT2D eigenvalue weighted by atomic mass is 32.2. The van der Waals surface area contributed by atoms with Crippen LogP contribution in [0.3, 0.4) is 0 Å². The first-order valence-corrected chi connectivity index (χ1v) is 8.15. The molecule has 7 heteroatoms. The number of rotatable bonds is 4. The van der Waals surface area contributed by atoms with Crippen LogP contribution in [0.25, 0.3) is 0 Å². The second-order valence-electron chi connectivity index (χ2n) is 5.20. The predicted octanol–water partition coefficient (Wildman–Crippen LogP) is 2.79. The number of para-hydroxylation sites is 1. The Morgan fingerprint density at radius 1 is 1.04 bits per heavy atom. The summed E-state index contributed by atoms with van der Waals surface area (Å²) in [5, 5.41) is -1.47. The van der Waals surface area contributed by atoms with Gasteiger partial charge in [0.2, 0.25) is 0 Å². The highest BCUT2D eigenvalue weighted by Gasteiger charge is 2.45. The summed E-state index contributed by atoms with van der Waals surface area (Å²) < 4.78 is 0. The summed E-state index contributed by atoms with van der Waals surface area (Å²) in [6.07, 6.45) is 0. The number of carbonyl (C=O) groups is 3. The average Bonchev–Trinajstić information content (AvgIpc) is 2.89. The highest BCUT2D eigenvalue weighted by molar-refractivity contribution is 8.15. The van der Waals surface area contributed by atoms with E-state index in [2.05, 4.69) is 0 Å².